The summed E-state index contributed by atoms with van der Waals surface area (Å²) in [6, 6.07) is 0. The maximum absolute atomic E-state index is 11.6. The van der Waals surface area contributed by atoms with Gasteiger partial charge < -0.3 is 0 Å². The van der Waals surface area contributed by atoms with Crippen LogP contribution in [0, 0.1) is 46.3 Å². The predicted molar refractivity (Wildman–Crippen MR) is 153 cm³/mol. The largest absolute Gasteiger partial charge is 0.397 e. The van der Waals surface area contributed by atoms with E-state index in [1.54, 1.807) is 0 Å². The fourth-order valence-corrected chi connectivity index (χ4v) is 10.8. The van der Waals surface area contributed by atoms with Crippen molar-refractivity contribution in [3.05, 3.63) is 11.6 Å². The third-order valence-electron chi connectivity index (χ3n) is 11.2. The Hall–Kier alpha value is -0.650. The van der Waals surface area contributed by atoms with Gasteiger partial charge >= 0.3 is 31.2 Å². The van der Waals surface area contributed by atoms with Gasteiger partial charge in [0.1, 0.15) is 12.2 Å². The lowest BCUT2D eigenvalue weighted by atomic mass is 9.46. The van der Waals surface area contributed by atoms with Crippen molar-refractivity contribution in [3.8, 4) is 0 Å². The molecule has 4 aliphatic rings. The maximum atomic E-state index is 11.6. The van der Waals surface area contributed by atoms with E-state index in [2.05, 4.69) is 31.0 Å². The number of allylic oxidation sites excluding steroid dienone is 1. The van der Waals surface area contributed by atoms with Crippen molar-refractivity contribution in [2.45, 2.75) is 104 Å². The molecule has 0 bridgehead atoms. The van der Waals surface area contributed by atoms with Crippen LogP contribution in [0.3, 0.4) is 0 Å². The number of hydrogen-bond acceptors (Lipinski definition) is 9. The van der Waals surface area contributed by atoms with Gasteiger partial charge in [-0.15, -0.1) is 0 Å². The summed E-state index contributed by atoms with van der Waals surface area (Å²) in [4.78, 5) is 0. The fourth-order valence-electron chi connectivity index (χ4n) is 9.41. The van der Waals surface area contributed by atoms with Crippen LogP contribution < -0.4 is 0 Å². The molecule has 0 aromatic rings. The highest BCUT2D eigenvalue weighted by molar-refractivity contribution is 7.81. The van der Waals surface area contributed by atoms with Crippen molar-refractivity contribution < 1.29 is 51.5 Å². The third-order valence-corrected chi connectivity index (χ3v) is 12.6. The van der Waals surface area contributed by atoms with E-state index in [0.717, 1.165) is 56.9 Å². The summed E-state index contributed by atoms with van der Waals surface area (Å²) in [5.41, 5.74) is 0.659. The van der Waals surface area contributed by atoms with Gasteiger partial charge in [0.25, 0.3) is 0 Å². The lowest BCUT2D eigenvalue weighted by molar-refractivity contribution is -0.0793. The van der Waals surface area contributed by atoms with E-state index in [1.165, 1.54) is 0 Å². The van der Waals surface area contributed by atoms with E-state index >= 15 is 0 Å². The highest BCUT2D eigenvalue weighted by atomic mass is 32.3. The maximum Gasteiger partial charge on any atom is 0.397 e. The molecule has 1 unspecified atom stereocenters. The molecular formula is C27H46O12S3. The summed E-state index contributed by atoms with van der Waals surface area (Å²) in [5.74, 6) is 2.12. The number of hydrogen-bond donors (Lipinski definition) is 3. The van der Waals surface area contributed by atoms with Crippen LogP contribution >= 0.6 is 0 Å². The van der Waals surface area contributed by atoms with Gasteiger partial charge in [-0.3, -0.25) is 13.7 Å². The smallest absolute Gasteiger partial charge is 0.264 e. The molecular weight excluding hydrogens is 612 g/mol. The Labute approximate surface area is 250 Å². The molecule has 0 aromatic carbocycles. The molecule has 0 saturated heterocycles. The van der Waals surface area contributed by atoms with Gasteiger partial charge in [0, 0.05) is 0 Å². The monoisotopic (exact) mass is 658 g/mol. The third kappa shape index (κ3) is 7.76. The Balaban J connectivity index is 1.45. The van der Waals surface area contributed by atoms with Crippen LogP contribution in [0.25, 0.3) is 0 Å². The van der Waals surface area contributed by atoms with Crippen LogP contribution in [0.15, 0.2) is 11.6 Å². The highest BCUT2D eigenvalue weighted by Crippen LogP contribution is 2.67. The van der Waals surface area contributed by atoms with Gasteiger partial charge in [-0.2, -0.15) is 25.3 Å². The lowest BCUT2D eigenvalue weighted by Crippen LogP contribution is -2.54. The van der Waals surface area contributed by atoms with Crippen molar-refractivity contribution in [2.75, 3.05) is 6.61 Å². The first-order valence-corrected chi connectivity index (χ1v) is 18.9. The molecule has 3 fully saturated rings. The van der Waals surface area contributed by atoms with E-state index < -0.39 is 48.8 Å². The summed E-state index contributed by atoms with van der Waals surface area (Å²) < 4.78 is 110. The van der Waals surface area contributed by atoms with Gasteiger partial charge in [-0.1, -0.05) is 52.2 Å². The quantitative estimate of drug-likeness (QED) is 0.192. The number of fused-ring (bicyclic) bond motifs is 5. The SMILES string of the molecule is CC(CCC[C@@H](C)[C@H]1CC[C@H]2[C@@H]3CC=C4C[C@H](OS(=O)(=O)O)[C@@H](OS(=O)(=O)O)C[C@]4(C)[C@H]3CC[C@]12C)COS(=O)(=O)O. The van der Waals surface area contributed by atoms with Crippen LogP contribution in [0.5, 0.6) is 0 Å². The highest BCUT2D eigenvalue weighted by Gasteiger charge is 2.60. The van der Waals surface area contributed by atoms with E-state index in [4.69, 9.17) is 12.9 Å². The Morgan fingerprint density at radius 3 is 2.14 bits per heavy atom. The van der Waals surface area contributed by atoms with E-state index in [0.29, 0.717) is 23.7 Å². The van der Waals surface area contributed by atoms with Crippen LogP contribution in [0.2, 0.25) is 0 Å². The normalized spacial score (nSPS) is 38.6. The van der Waals surface area contributed by atoms with Crippen LogP contribution in [0.4, 0.5) is 0 Å². The molecule has 42 heavy (non-hydrogen) atoms. The minimum Gasteiger partial charge on any atom is -0.264 e. The van der Waals surface area contributed by atoms with Gasteiger partial charge in [0.05, 0.1) is 6.61 Å². The molecule has 0 radical (unpaired) electrons. The first-order valence-electron chi connectivity index (χ1n) is 14.8. The van der Waals surface area contributed by atoms with Gasteiger partial charge in [0.2, 0.25) is 0 Å². The zero-order chi connectivity index (χ0) is 31.3. The second-order valence-corrected chi connectivity index (χ2v) is 16.9. The molecule has 0 heterocycles. The van der Waals surface area contributed by atoms with Crippen LogP contribution in [-0.4, -0.2) is 57.7 Å². The summed E-state index contributed by atoms with van der Waals surface area (Å²) in [6.45, 7) is 8.66. The first-order chi connectivity index (χ1) is 19.2. The molecule has 0 aromatic heterocycles. The fraction of sp³-hybridized carbons (Fsp3) is 0.926. The van der Waals surface area contributed by atoms with Crippen molar-refractivity contribution in [1.82, 2.24) is 0 Å². The molecule has 10 atom stereocenters. The minimum atomic E-state index is -4.89. The zero-order valence-electron chi connectivity index (χ0n) is 24.7. The summed E-state index contributed by atoms with van der Waals surface area (Å²) >= 11 is 0. The average molecular weight is 659 g/mol. The Morgan fingerprint density at radius 1 is 0.881 bits per heavy atom. The van der Waals surface area contributed by atoms with Crippen molar-refractivity contribution in [3.63, 3.8) is 0 Å². The van der Waals surface area contributed by atoms with E-state index in [-0.39, 0.29) is 36.7 Å². The average Bonchev–Trinajstić information content (AvgIpc) is 3.18. The Morgan fingerprint density at radius 2 is 1.52 bits per heavy atom. The topological polar surface area (TPSA) is 191 Å². The van der Waals surface area contributed by atoms with Crippen LogP contribution in [-0.2, 0) is 43.7 Å². The van der Waals surface area contributed by atoms with Crippen LogP contribution in [0.1, 0.15) is 91.9 Å². The molecule has 4 aliphatic carbocycles. The molecule has 3 saturated carbocycles. The molecule has 3 N–H and O–H groups in total. The summed E-state index contributed by atoms with van der Waals surface area (Å²) in [7, 11) is -14.2. The van der Waals surface area contributed by atoms with E-state index in [1.807, 2.05) is 6.92 Å². The predicted octanol–water partition coefficient (Wildman–Crippen LogP) is 4.81. The van der Waals surface area contributed by atoms with Gasteiger partial charge in [-0.05, 0) is 97.7 Å². The molecule has 0 aliphatic heterocycles. The van der Waals surface area contributed by atoms with Gasteiger partial charge in [-0.25, -0.2) is 12.5 Å². The minimum absolute atomic E-state index is 0.0112. The van der Waals surface area contributed by atoms with E-state index in [9.17, 15) is 34.4 Å². The molecule has 244 valence electrons. The first kappa shape index (κ1) is 34.2. The second-order valence-electron chi connectivity index (χ2n) is 13.7. The van der Waals surface area contributed by atoms with Crippen molar-refractivity contribution in [2.24, 2.45) is 46.3 Å². The second kappa shape index (κ2) is 12.3. The van der Waals surface area contributed by atoms with Gasteiger partial charge in [0.15, 0.2) is 0 Å². The van der Waals surface area contributed by atoms with Crippen molar-refractivity contribution >= 4 is 31.2 Å². The summed E-state index contributed by atoms with van der Waals surface area (Å²) in [6.07, 6.45) is 7.59. The lowest BCUT2D eigenvalue weighted by Gasteiger charge is -2.59. The standard InChI is InChI=1S/C27H46O12S3/c1-17(16-37-40(28,29)30)6-5-7-18(2)21-10-11-22-20-9-8-19-14-24(38-41(31,32)33)25(39-42(34,35)36)15-27(19,4)23(20)12-13-26(21,22)3/h8,17-18,20-25H,5-7,9-16H2,1-4H3,(H,28,29,30)(H,31,32,33)(H,34,35,36)/t17?,18-,20+,21-,22+,23+,24+,25+,26-,27+/m1/s1. The van der Waals surface area contributed by atoms with Crippen molar-refractivity contribution in [1.29, 1.82) is 0 Å². The molecule has 0 spiro atoms. The Kier molecular flexibility index (Phi) is 10.0. The number of rotatable bonds is 12. The summed E-state index contributed by atoms with van der Waals surface area (Å²) in [5, 5.41) is 0. The Bertz CT molecular complexity index is 1340. The zero-order valence-corrected chi connectivity index (χ0v) is 27.2. The molecule has 4 rings (SSSR count). The molecule has 15 heteroatoms. The molecule has 0 amide bonds. The molecule has 12 nitrogen and oxygen atoms in total.